The highest BCUT2D eigenvalue weighted by molar-refractivity contribution is 7.13. The number of carbonyl (C=O) groups is 1. The molecular formula is C32H32N4O2S. The molecule has 6 nitrogen and oxygen atoms in total. The van der Waals surface area contributed by atoms with Crippen LogP contribution in [0.5, 0.6) is 0 Å². The van der Waals surface area contributed by atoms with Crippen molar-refractivity contribution in [2.24, 2.45) is 0 Å². The summed E-state index contributed by atoms with van der Waals surface area (Å²) in [5.74, 6) is -0.236. The van der Waals surface area contributed by atoms with Crippen molar-refractivity contribution in [2.75, 3.05) is 30.7 Å². The van der Waals surface area contributed by atoms with Crippen molar-refractivity contribution >= 4 is 45.6 Å². The van der Waals surface area contributed by atoms with E-state index in [2.05, 4.69) is 51.7 Å². The molecule has 5 rings (SSSR count). The number of nitrogens with one attached hydrogen (secondary N) is 2. The largest absolute Gasteiger partial charge is 0.397 e. The number of para-hydroxylation sites is 1. The quantitative estimate of drug-likeness (QED) is 0.120. The molecule has 1 amide bonds. The monoisotopic (exact) mass is 536 g/mol. The minimum atomic E-state index is -0.236. The van der Waals surface area contributed by atoms with E-state index in [1.165, 1.54) is 17.0 Å². The molecule has 39 heavy (non-hydrogen) atoms. The summed E-state index contributed by atoms with van der Waals surface area (Å²) in [7, 11) is 0. The summed E-state index contributed by atoms with van der Waals surface area (Å²) in [5.41, 5.74) is 12.8. The Hall–Kier alpha value is -4.17. The van der Waals surface area contributed by atoms with Crippen LogP contribution in [-0.2, 0) is 17.8 Å². The van der Waals surface area contributed by atoms with E-state index in [-0.39, 0.29) is 12.5 Å². The molecule has 0 bridgehead atoms. The molecule has 0 spiro atoms. The van der Waals surface area contributed by atoms with Crippen LogP contribution in [0, 0.1) is 0 Å². The Kier molecular flexibility index (Phi) is 8.53. The van der Waals surface area contributed by atoms with Gasteiger partial charge in [-0.25, -0.2) is 0 Å². The zero-order chi connectivity index (χ0) is 27.0. The average molecular weight is 537 g/mol. The minimum absolute atomic E-state index is 0.116. The van der Waals surface area contributed by atoms with Gasteiger partial charge in [-0.2, -0.15) is 0 Å². The number of rotatable bonds is 11. The molecule has 0 atom stereocenters. The van der Waals surface area contributed by atoms with Crippen molar-refractivity contribution in [3.8, 4) is 10.4 Å². The number of thiophene rings is 1. The second kappa shape index (κ2) is 12.6. The molecule has 5 aromatic rings. The Bertz CT molecular complexity index is 1560. The number of nitrogen functional groups attached to an aromatic ring is 1. The summed E-state index contributed by atoms with van der Waals surface area (Å²) in [6.45, 7) is 2.32. The minimum Gasteiger partial charge on any atom is -0.397 e. The summed E-state index contributed by atoms with van der Waals surface area (Å²) < 4.78 is 0. The van der Waals surface area contributed by atoms with E-state index >= 15 is 0 Å². The molecule has 0 radical (unpaired) electrons. The molecule has 0 unspecified atom stereocenters. The van der Waals surface area contributed by atoms with E-state index in [4.69, 9.17) is 5.73 Å². The number of hydrogen-bond donors (Lipinski definition) is 4. The second-order valence-electron chi connectivity index (χ2n) is 9.45. The first-order chi connectivity index (χ1) is 19.1. The normalized spacial score (nSPS) is 11.5. The van der Waals surface area contributed by atoms with Gasteiger partial charge in [0.15, 0.2) is 0 Å². The number of aromatic nitrogens is 1. The number of aliphatic hydroxyl groups is 1. The van der Waals surface area contributed by atoms with Crippen molar-refractivity contribution in [2.45, 2.75) is 13.0 Å². The SMILES string of the molecule is Nc1ccc(-c2cccs2)cc1NC(=O)/C=C/c1ccc(CN(CCO)CCc2c[nH]c3ccccc23)cc1. The van der Waals surface area contributed by atoms with E-state index in [0.29, 0.717) is 17.9 Å². The number of fused-ring (bicyclic) bond motifs is 1. The van der Waals surface area contributed by atoms with Gasteiger partial charge in [-0.1, -0.05) is 54.6 Å². The van der Waals surface area contributed by atoms with E-state index in [0.717, 1.165) is 46.6 Å². The van der Waals surface area contributed by atoms with Gasteiger partial charge in [-0.15, -0.1) is 11.3 Å². The number of aliphatic hydroxyl groups excluding tert-OH is 1. The number of carbonyl (C=O) groups excluding carboxylic acids is 1. The maximum atomic E-state index is 12.6. The molecule has 198 valence electrons. The third-order valence-electron chi connectivity index (χ3n) is 6.72. The molecule has 0 aliphatic rings. The first-order valence-corrected chi connectivity index (χ1v) is 13.9. The lowest BCUT2D eigenvalue weighted by Gasteiger charge is -2.21. The van der Waals surface area contributed by atoms with Gasteiger partial charge < -0.3 is 21.1 Å². The lowest BCUT2D eigenvalue weighted by molar-refractivity contribution is -0.111. The maximum absolute atomic E-state index is 12.6. The third-order valence-corrected chi connectivity index (χ3v) is 7.64. The van der Waals surface area contributed by atoms with E-state index in [1.807, 2.05) is 53.9 Å². The van der Waals surface area contributed by atoms with E-state index < -0.39 is 0 Å². The van der Waals surface area contributed by atoms with Crippen LogP contribution in [0.1, 0.15) is 16.7 Å². The Balaban J connectivity index is 1.17. The molecule has 0 aliphatic carbocycles. The maximum Gasteiger partial charge on any atom is 0.248 e. The fourth-order valence-corrected chi connectivity index (χ4v) is 5.35. The zero-order valence-corrected chi connectivity index (χ0v) is 22.5. The van der Waals surface area contributed by atoms with Gasteiger partial charge >= 0.3 is 0 Å². The van der Waals surface area contributed by atoms with Crippen LogP contribution in [0.25, 0.3) is 27.4 Å². The lowest BCUT2D eigenvalue weighted by atomic mass is 10.1. The van der Waals surface area contributed by atoms with Crippen LogP contribution in [0.4, 0.5) is 11.4 Å². The number of anilines is 2. The van der Waals surface area contributed by atoms with Crippen LogP contribution < -0.4 is 11.1 Å². The van der Waals surface area contributed by atoms with Crippen molar-refractivity contribution in [1.82, 2.24) is 9.88 Å². The topological polar surface area (TPSA) is 94.4 Å². The fraction of sp³-hybridized carbons (Fsp3) is 0.156. The van der Waals surface area contributed by atoms with Gasteiger partial charge in [0.1, 0.15) is 0 Å². The summed E-state index contributed by atoms with van der Waals surface area (Å²) in [5, 5.41) is 15.8. The summed E-state index contributed by atoms with van der Waals surface area (Å²) in [6.07, 6.45) is 6.29. The van der Waals surface area contributed by atoms with Crippen molar-refractivity contribution < 1.29 is 9.90 Å². The smallest absolute Gasteiger partial charge is 0.248 e. The third kappa shape index (κ3) is 6.83. The Morgan fingerprint density at radius 1 is 1.03 bits per heavy atom. The number of amides is 1. The predicted octanol–water partition coefficient (Wildman–Crippen LogP) is 6.17. The van der Waals surface area contributed by atoms with Crippen LogP contribution in [0.3, 0.4) is 0 Å². The first-order valence-electron chi connectivity index (χ1n) is 13.0. The number of nitrogens with zero attached hydrogens (tertiary/aromatic N) is 1. The Morgan fingerprint density at radius 2 is 1.87 bits per heavy atom. The van der Waals surface area contributed by atoms with E-state index in [1.54, 1.807) is 17.4 Å². The molecule has 3 aromatic carbocycles. The van der Waals surface area contributed by atoms with Gasteiger partial charge in [-0.3, -0.25) is 9.69 Å². The Labute approximate surface area is 232 Å². The number of hydrogen-bond acceptors (Lipinski definition) is 5. The van der Waals surface area contributed by atoms with Gasteiger partial charge in [0.25, 0.3) is 0 Å². The van der Waals surface area contributed by atoms with Gasteiger partial charge in [0, 0.05) is 47.7 Å². The highest BCUT2D eigenvalue weighted by atomic mass is 32.1. The average Bonchev–Trinajstić information content (AvgIpc) is 3.63. The molecule has 0 aliphatic heterocycles. The van der Waals surface area contributed by atoms with Crippen LogP contribution in [0.15, 0.2) is 96.5 Å². The number of benzene rings is 3. The highest BCUT2D eigenvalue weighted by Crippen LogP contribution is 2.30. The summed E-state index contributed by atoms with van der Waals surface area (Å²) >= 11 is 1.64. The van der Waals surface area contributed by atoms with Crippen molar-refractivity contribution in [3.63, 3.8) is 0 Å². The molecule has 0 saturated heterocycles. The molecular weight excluding hydrogens is 504 g/mol. The van der Waals surface area contributed by atoms with Crippen molar-refractivity contribution in [1.29, 1.82) is 0 Å². The number of H-pyrrole nitrogens is 1. The molecule has 0 saturated carbocycles. The number of aromatic amines is 1. The molecule has 7 heteroatoms. The highest BCUT2D eigenvalue weighted by Gasteiger charge is 2.10. The number of nitrogens with two attached hydrogens (primary N) is 1. The zero-order valence-electron chi connectivity index (χ0n) is 21.6. The standard InChI is InChI=1S/C32H32N4O2S/c33-28-13-12-25(31-6-3-19-39-31)20-30(28)35-32(38)14-11-23-7-9-24(10-8-23)22-36(17-18-37)16-15-26-21-34-29-5-2-1-4-27(26)29/h1-14,19-21,34,37H,15-18,22,33H2,(H,35,38)/b14-11+. The van der Waals surface area contributed by atoms with Crippen LogP contribution >= 0.6 is 11.3 Å². The van der Waals surface area contributed by atoms with Gasteiger partial charge in [0.2, 0.25) is 5.91 Å². The predicted molar refractivity (Wildman–Crippen MR) is 163 cm³/mol. The molecule has 2 aromatic heterocycles. The Morgan fingerprint density at radius 3 is 2.67 bits per heavy atom. The second-order valence-corrected chi connectivity index (χ2v) is 10.4. The van der Waals surface area contributed by atoms with Gasteiger partial charge in [-0.05, 0) is 64.4 Å². The molecule has 5 N–H and O–H groups in total. The lowest BCUT2D eigenvalue weighted by Crippen LogP contribution is -2.28. The summed E-state index contributed by atoms with van der Waals surface area (Å²) in [4.78, 5) is 19.3. The summed E-state index contributed by atoms with van der Waals surface area (Å²) in [6, 6.07) is 26.2. The molecule has 0 fully saturated rings. The van der Waals surface area contributed by atoms with Gasteiger partial charge in [0.05, 0.1) is 18.0 Å². The first kappa shape index (κ1) is 26.4. The van der Waals surface area contributed by atoms with Crippen LogP contribution in [0.2, 0.25) is 0 Å². The van der Waals surface area contributed by atoms with Crippen LogP contribution in [-0.4, -0.2) is 40.6 Å². The fourth-order valence-electron chi connectivity index (χ4n) is 4.63. The molecule has 2 heterocycles. The van der Waals surface area contributed by atoms with E-state index in [9.17, 15) is 9.90 Å². The van der Waals surface area contributed by atoms with Crippen molar-refractivity contribution in [3.05, 3.63) is 113 Å².